The van der Waals surface area contributed by atoms with Gasteiger partial charge in [-0.25, -0.2) is 4.57 Å². The number of piperidine rings is 1. The van der Waals surface area contributed by atoms with Crippen LogP contribution in [0.5, 0.6) is 0 Å². The van der Waals surface area contributed by atoms with Crippen LogP contribution in [0.1, 0.15) is 25.3 Å². The highest BCUT2D eigenvalue weighted by molar-refractivity contribution is 6.43. The third-order valence-electron chi connectivity index (χ3n) is 6.39. The smallest absolute Gasteiger partial charge is 0.264 e. The minimum atomic E-state index is -0.258. The first-order chi connectivity index (χ1) is 13.7. The van der Waals surface area contributed by atoms with E-state index in [2.05, 4.69) is 9.88 Å². The fraction of sp³-hybridized carbons (Fsp3) is 0.500. The van der Waals surface area contributed by atoms with Gasteiger partial charge in [0.25, 0.3) is 5.56 Å². The lowest BCUT2D eigenvalue weighted by molar-refractivity contribution is 0.0974. The minimum absolute atomic E-state index is 0.00133. The lowest BCUT2D eigenvalue weighted by Crippen LogP contribution is -2.51. The van der Waals surface area contributed by atoms with Crippen molar-refractivity contribution in [2.24, 2.45) is 11.1 Å². The number of hydrogen-bond donors (Lipinski definition) is 2. The SMILES string of the molecule is Cc1c(N2CCC3(CC2)CO[C@@H](C)[C@H]3N)nc(N)n(-c2cccc(Cl)c2Cl)c1=O. The van der Waals surface area contributed by atoms with Gasteiger partial charge in [-0.05, 0) is 38.8 Å². The maximum atomic E-state index is 13.1. The summed E-state index contributed by atoms with van der Waals surface area (Å²) in [6.07, 6.45) is 1.86. The summed E-state index contributed by atoms with van der Waals surface area (Å²) in [6.45, 7) is 5.97. The van der Waals surface area contributed by atoms with Gasteiger partial charge in [0.15, 0.2) is 0 Å². The van der Waals surface area contributed by atoms with E-state index in [0.717, 1.165) is 25.9 Å². The fourth-order valence-electron chi connectivity index (χ4n) is 4.45. The molecule has 2 saturated heterocycles. The standard InChI is InChI=1S/C20H25Cl2N5O2/c1-11-17(26-8-6-20(7-9-26)10-29-12(2)16(20)23)25-19(24)27(18(11)28)14-5-3-4-13(21)15(14)22/h3-5,12,16H,6-10,23H2,1-2H3,(H2,24,25)/t12-,16+/m0/s1. The Morgan fingerprint density at radius 1 is 1.28 bits per heavy atom. The van der Waals surface area contributed by atoms with Crippen molar-refractivity contribution < 1.29 is 4.74 Å². The molecule has 0 unspecified atom stereocenters. The van der Waals surface area contributed by atoms with Crippen LogP contribution in [0.2, 0.25) is 10.0 Å². The minimum Gasteiger partial charge on any atom is -0.376 e. The van der Waals surface area contributed by atoms with Crippen LogP contribution < -0.4 is 21.9 Å². The molecule has 1 aromatic carbocycles. The topological polar surface area (TPSA) is 99.4 Å². The molecule has 0 radical (unpaired) electrons. The van der Waals surface area contributed by atoms with E-state index >= 15 is 0 Å². The number of nitrogens with two attached hydrogens (primary N) is 2. The molecule has 2 fully saturated rings. The van der Waals surface area contributed by atoms with Gasteiger partial charge in [-0.2, -0.15) is 4.98 Å². The van der Waals surface area contributed by atoms with Crippen LogP contribution in [0.25, 0.3) is 5.69 Å². The predicted molar refractivity (Wildman–Crippen MR) is 116 cm³/mol. The van der Waals surface area contributed by atoms with Crippen molar-refractivity contribution >= 4 is 35.0 Å². The van der Waals surface area contributed by atoms with Gasteiger partial charge in [0.05, 0.1) is 34.0 Å². The Morgan fingerprint density at radius 3 is 2.59 bits per heavy atom. The van der Waals surface area contributed by atoms with Gasteiger partial charge in [-0.3, -0.25) is 4.79 Å². The van der Waals surface area contributed by atoms with Crippen molar-refractivity contribution in [1.82, 2.24) is 9.55 Å². The monoisotopic (exact) mass is 437 g/mol. The van der Waals surface area contributed by atoms with Crippen LogP contribution in [0.3, 0.4) is 0 Å². The zero-order valence-electron chi connectivity index (χ0n) is 16.5. The average molecular weight is 438 g/mol. The Labute approximate surface area is 179 Å². The van der Waals surface area contributed by atoms with Crippen molar-refractivity contribution in [3.8, 4) is 5.69 Å². The molecule has 1 spiro atoms. The van der Waals surface area contributed by atoms with Gasteiger partial charge >= 0.3 is 0 Å². The number of ether oxygens (including phenoxy) is 1. The van der Waals surface area contributed by atoms with Crippen molar-refractivity contribution in [2.75, 3.05) is 30.3 Å². The molecule has 2 aliphatic heterocycles. The fourth-order valence-corrected chi connectivity index (χ4v) is 4.83. The Kier molecular flexibility index (Phi) is 5.27. The normalized spacial score (nSPS) is 23.7. The second-order valence-electron chi connectivity index (χ2n) is 8.02. The van der Waals surface area contributed by atoms with E-state index in [1.54, 1.807) is 25.1 Å². The first-order valence-corrected chi connectivity index (χ1v) is 10.5. The lowest BCUT2D eigenvalue weighted by Gasteiger charge is -2.42. The number of nitrogen functional groups attached to an aromatic ring is 1. The van der Waals surface area contributed by atoms with Gasteiger partial charge in [0.1, 0.15) is 5.82 Å². The van der Waals surface area contributed by atoms with Crippen LogP contribution in [-0.4, -0.2) is 41.4 Å². The average Bonchev–Trinajstić information content (AvgIpc) is 2.97. The largest absolute Gasteiger partial charge is 0.376 e. The van der Waals surface area contributed by atoms with Crippen molar-refractivity contribution in [3.63, 3.8) is 0 Å². The predicted octanol–water partition coefficient (Wildman–Crippen LogP) is 2.76. The highest BCUT2D eigenvalue weighted by Crippen LogP contribution is 2.42. The molecular weight excluding hydrogens is 413 g/mol. The summed E-state index contributed by atoms with van der Waals surface area (Å²) in [7, 11) is 0. The second kappa shape index (κ2) is 7.47. The first-order valence-electron chi connectivity index (χ1n) is 9.71. The summed E-state index contributed by atoms with van der Waals surface area (Å²) in [5.74, 6) is 0.687. The summed E-state index contributed by atoms with van der Waals surface area (Å²) in [6, 6.07) is 5.10. The van der Waals surface area contributed by atoms with E-state index < -0.39 is 0 Å². The number of benzene rings is 1. The highest BCUT2D eigenvalue weighted by atomic mass is 35.5. The van der Waals surface area contributed by atoms with Crippen molar-refractivity contribution in [3.05, 3.63) is 44.2 Å². The third kappa shape index (κ3) is 3.30. The summed E-state index contributed by atoms with van der Waals surface area (Å²) < 4.78 is 7.10. The number of nitrogens with zero attached hydrogens (tertiary/aromatic N) is 3. The molecular formula is C20H25Cl2N5O2. The van der Waals surface area contributed by atoms with Gasteiger partial charge in [-0.15, -0.1) is 0 Å². The number of hydrogen-bond acceptors (Lipinski definition) is 6. The number of rotatable bonds is 2. The molecule has 0 aliphatic carbocycles. The van der Waals surface area contributed by atoms with Gasteiger partial charge < -0.3 is 21.1 Å². The molecule has 9 heteroatoms. The molecule has 4 rings (SSSR count). The van der Waals surface area contributed by atoms with E-state index in [1.807, 2.05) is 6.92 Å². The van der Waals surface area contributed by atoms with Crippen LogP contribution in [0.4, 0.5) is 11.8 Å². The second-order valence-corrected chi connectivity index (χ2v) is 8.81. The Bertz CT molecular complexity index is 1000. The third-order valence-corrected chi connectivity index (χ3v) is 7.20. The van der Waals surface area contributed by atoms with Crippen LogP contribution >= 0.6 is 23.2 Å². The van der Waals surface area contributed by atoms with Gasteiger partial charge in [-0.1, -0.05) is 29.3 Å². The molecule has 156 valence electrons. The Morgan fingerprint density at radius 2 is 1.97 bits per heavy atom. The first kappa shape index (κ1) is 20.5. The van der Waals surface area contributed by atoms with Crippen molar-refractivity contribution in [1.29, 1.82) is 0 Å². The van der Waals surface area contributed by atoms with Gasteiger partial charge in [0, 0.05) is 24.5 Å². The van der Waals surface area contributed by atoms with Gasteiger partial charge in [0.2, 0.25) is 5.95 Å². The molecule has 2 aromatic rings. The van der Waals surface area contributed by atoms with E-state index in [-0.39, 0.29) is 34.1 Å². The maximum absolute atomic E-state index is 13.1. The quantitative estimate of drug-likeness (QED) is 0.748. The zero-order valence-corrected chi connectivity index (χ0v) is 18.0. The molecule has 3 heterocycles. The summed E-state index contributed by atoms with van der Waals surface area (Å²) in [5, 5.41) is 0.615. The lowest BCUT2D eigenvalue weighted by atomic mass is 9.73. The Hall–Kier alpha value is -1.80. The molecule has 7 nitrogen and oxygen atoms in total. The molecule has 4 N–H and O–H groups in total. The van der Waals surface area contributed by atoms with E-state index in [1.165, 1.54) is 4.57 Å². The molecule has 29 heavy (non-hydrogen) atoms. The molecule has 1 aromatic heterocycles. The van der Waals surface area contributed by atoms with Crippen molar-refractivity contribution in [2.45, 2.75) is 38.8 Å². The highest BCUT2D eigenvalue weighted by Gasteiger charge is 2.47. The summed E-state index contributed by atoms with van der Waals surface area (Å²) in [4.78, 5) is 19.8. The molecule has 2 atom stereocenters. The summed E-state index contributed by atoms with van der Waals surface area (Å²) >= 11 is 12.4. The van der Waals surface area contributed by atoms with Crippen LogP contribution in [0, 0.1) is 12.3 Å². The number of anilines is 2. The van der Waals surface area contributed by atoms with Crippen LogP contribution in [0.15, 0.2) is 23.0 Å². The molecule has 0 amide bonds. The summed E-state index contributed by atoms with van der Waals surface area (Å²) in [5.41, 5.74) is 13.3. The molecule has 2 aliphatic rings. The van der Waals surface area contributed by atoms with E-state index in [4.69, 9.17) is 39.4 Å². The molecule has 0 bridgehead atoms. The van der Waals surface area contributed by atoms with E-state index in [0.29, 0.717) is 28.7 Å². The maximum Gasteiger partial charge on any atom is 0.264 e. The number of aromatic nitrogens is 2. The molecule has 0 saturated carbocycles. The Balaban J connectivity index is 1.66. The number of halogens is 2. The van der Waals surface area contributed by atoms with E-state index in [9.17, 15) is 4.79 Å². The van der Waals surface area contributed by atoms with Crippen LogP contribution in [-0.2, 0) is 4.74 Å². The zero-order chi connectivity index (χ0) is 20.9.